The van der Waals surface area contributed by atoms with Gasteiger partial charge in [-0.2, -0.15) is 0 Å². The summed E-state index contributed by atoms with van der Waals surface area (Å²) >= 11 is 0. The Morgan fingerprint density at radius 2 is 1.66 bits per heavy atom. The van der Waals surface area contributed by atoms with Crippen LogP contribution in [-0.4, -0.2) is 187 Å². The maximum Gasteiger partial charge on any atom is 0.411 e. The predicted molar refractivity (Wildman–Crippen MR) is 339 cm³/mol. The lowest BCUT2D eigenvalue weighted by atomic mass is 9.80. The number of hydrogen-bond acceptors (Lipinski definition) is 21. The monoisotopic (exact) mass is 1300 g/mol. The molecule has 1 aromatic rings. The SMILES string of the molecule is C/C=C\C#C[C@H](O[C@@H]1O[C@H](C)C[C@H](O)[C@H]1O[C@H]1C[C@H](OC)[C@@H](N(CC)C(=O)OCc2ccc(NC(=O)[C@H](CCCNC(N)=O)NC(=O)[C@@H](NC(=O)[C@H](CCCCN)NC(C)=O)C(C)C)cc2)CO1)C1=C(NC(=O)OC)C(=O)C[C@](N)(O)/C1=C/CSSC(C)(C)C. The van der Waals surface area contributed by atoms with Gasteiger partial charge in [-0.3, -0.25) is 35.0 Å². The number of methoxy groups -OCH3 is 2. The van der Waals surface area contributed by atoms with Gasteiger partial charge in [0.05, 0.1) is 50.2 Å². The lowest BCUT2D eigenvalue weighted by Gasteiger charge is -2.44. The minimum absolute atomic E-state index is 0.0514. The van der Waals surface area contributed by atoms with E-state index < -0.39 is 133 Å². The number of nitrogens with one attached hydrogen (secondary N) is 6. The first-order valence-electron chi connectivity index (χ1n) is 30.1. The number of hydrogen-bond donors (Lipinski definition) is 11. The Bertz CT molecular complexity index is 2750. The Morgan fingerprint density at radius 3 is 2.27 bits per heavy atom. The summed E-state index contributed by atoms with van der Waals surface area (Å²) in [5.41, 5.74) is 15.8. The number of unbranched alkanes of at least 4 members (excludes halogenated alkanes) is 1. The van der Waals surface area contributed by atoms with Crippen LogP contribution in [0.3, 0.4) is 0 Å². The van der Waals surface area contributed by atoms with Crippen molar-refractivity contribution in [3.8, 4) is 11.8 Å². The lowest BCUT2D eigenvalue weighted by Crippen LogP contribution is -2.58. The van der Waals surface area contributed by atoms with E-state index in [1.54, 1.807) is 81.8 Å². The van der Waals surface area contributed by atoms with Gasteiger partial charge in [0, 0.05) is 67.3 Å². The van der Waals surface area contributed by atoms with Crippen molar-refractivity contribution in [2.45, 2.75) is 198 Å². The largest absolute Gasteiger partial charge is 0.453 e. The van der Waals surface area contributed by atoms with E-state index in [-0.39, 0.29) is 73.6 Å². The number of benzene rings is 1. The Kier molecular flexibility index (Phi) is 31.5. The number of anilines is 1. The number of urea groups is 1. The van der Waals surface area contributed by atoms with Gasteiger partial charge < -0.3 is 86.3 Å². The van der Waals surface area contributed by atoms with Crippen LogP contribution in [0.25, 0.3) is 0 Å². The molecule has 1 aromatic carbocycles. The number of aliphatic hydroxyl groups is 2. The molecular weight excluding hydrogens is 1210 g/mol. The number of aliphatic hydroxyl groups excluding tert-OH is 1. The molecule has 12 atom stereocenters. The summed E-state index contributed by atoms with van der Waals surface area (Å²) < 4.78 is 42.1. The lowest BCUT2D eigenvalue weighted by molar-refractivity contribution is -0.321. The van der Waals surface area contributed by atoms with Crippen molar-refractivity contribution in [1.29, 1.82) is 0 Å². The Hall–Kier alpha value is -6.30. The Balaban J connectivity index is 1.48. The van der Waals surface area contributed by atoms with Crippen molar-refractivity contribution in [3.05, 3.63) is 64.9 Å². The summed E-state index contributed by atoms with van der Waals surface area (Å²) in [5, 5.41) is 39.3. The van der Waals surface area contributed by atoms with Gasteiger partial charge in [-0.25, -0.2) is 14.4 Å². The standard InChI is InChI=1S/C61H94N10O17S2/c1-12-14-15-21-46(49-40(26-29-89-90-60(7,8)9)61(64,81)32-45(74)51(49)70-58(79)83-11)87-56-52(44(73)30-36(5)86-56)88-48-31-47(82-10)43(34-84-48)71(13-2)59(80)85-33-38-22-24-39(25-23-38)67-53(75)42(20-18-28-65-57(63)78)68-55(77)50(35(3)4)69-54(76)41(66-37(6)72)19-16-17-27-62/h12,14,22-26,35-36,41-44,46-48,50,52,56,73,81H,13,16-20,27-34,62,64H2,1-11H3,(H,66,72)(H,67,75)(H,68,77)(H,69,76)(H,70,79)(H3,63,65,78)/b14-12-,40-26+/t36-,41+,42+,43+,44+,46+,47+,48+,50+,52-,56+,61+/m1/s1. The first kappa shape index (κ1) is 76.2. The Morgan fingerprint density at radius 1 is 0.967 bits per heavy atom. The highest BCUT2D eigenvalue weighted by atomic mass is 33.1. The first-order valence-corrected chi connectivity index (χ1v) is 32.4. The molecule has 0 saturated carbocycles. The molecule has 29 heteroatoms. The molecule has 2 fully saturated rings. The van der Waals surface area contributed by atoms with E-state index in [2.05, 4.69) is 43.7 Å². The number of Topliss-reactive ketones (excluding diaryl/α,β-unsaturated/α-hetero) is 1. The van der Waals surface area contributed by atoms with E-state index in [4.69, 9.17) is 50.4 Å². The van der Waals surface area contributed by atoms with E-state index in [0.29, 0.717) is 42.8 Å². The van der Waals surface area contributed by atoms with Gasteiger partial charge in [-0.05, 0) is 89.1 Å². The smallest absolute Gasteiger partial charge is 0.411 e. The molecule has 27 nitrogen and oxygen atoms in total. The van der Waals surface area contributed by atoms with Crippen LogP contribution in [0.1, 0.15) is 119 Å². The number of nitrogens with two attached hydrogens (primary N) is 3. The van der Waals surface area contributed by atoms with Crippen molar-refractivity contribution in [3.63, 3.8) is 0 Å². The number of ether oxygens (including phenoxy) is 7. The second-order valence-electron chi connectivity index (χ2n) is 23.2. The first-order chi connectivity index (χ1) is 42.6. The fourth-order valence-corrected chi connectivity index (χ4v) is 12.1. The summed E-state index contributed by atoms with van der Waals surface area (Å²) in [7, 11) is 5.67. The van der Waals surface area contributed by atoms with Crippen LogP contribution >= 0.6 is 21.6 Å². The highest BCUT2D eigenvalue weighted by Crippen LogP contribution is 2.40. The van der Waals surface area contributed by atoms with Gasteiger partial charge in [0.1, 0.15) is 42.7 Å². The van der Waals surface area contributed by atoms with Gasteiger partial charge in [-0.15, -0.1) is 0 Å². The molecule has 2 heterocycles. The van der Waals surface area contributed by atoms with Gasteiger partial charge in [0.2, 0.25) is 23.6 Å². The van der Waals surface area contributed by atoms with Crippen molar-refractivity contribution in [2.24, 2.45) is 23.1 Å². The maximum atomic E-state index is 13.9. The number of amides is 8. The van der Waals surface area contributed by atoms with E-state index in [9.17, 15) is 48.6 Å². The number of rotatable bonds is 30. The molecule has 0 bridgehead atoms. The number of allylic oxidation sites excluding steroid dienone is 3. The van der Waals surface area contributed by atoms with Crippen LogP contribution in [0, 0.1) is 17.8 Å². The molecule has 0 aromatic heterocycles. The Labute approximate surface area is 535 Å². The predicted octanol–water partition coefficient (Wildman–Crippen LogP) is 3.60. The summed E-state index contributed by atoms with van der Waals surface area (Å²) in [6.07, 6.45) is -3.06. The zero-order chi connectivity index (χ0) is 66.9. The summed E-state index contributed by atoms with van der Waals surface area (Å²) in [6.45, 7) is 16.5. The number of nitrogens with zero attached hydrogens (tertiary/aromatic N) is 1. The molecular formula is C61H94N10O17S2. The number of primary amides is 1. The summed E-state index contributed by atoms with van der Waals surface area (Å²) in [5.74, 6) is 2.78. The maximum absolute atomic E-state index is 13.9. The van der Waals surface area contributed by atoms with Crippen molar-refractivity contribution in [1.82, 2.24) is 31.5 Å². The van der Waals surface area contributed by atoms with Crippen LogP contribution in [0.2, 0.25) is 0 Å². The van der Waals surface area contributed by atoms with E-state index >= 15 is 0 Å². The topological polar surface area (TPSA) is 395 Å². The molecule has 2 saturated heterocycles. The van der Waals surface area contributed by atoms with Gasteiger partial charge in [0.15, 0.2) is 18.4 Å². The fraction of sp³-hybridized carbons (Fsp3) is 0.639. The number of ketones is 1. The number of carbonyl (C=O) groups is 8. The minimum Gasteiger partial charge on any atom is -0.453 e. The van der Waals surface area contributed by atoms with E-state index in [0.717, 1.165) is 7.11 Å². The summed E-state index contributed by atoms with van der Waals surface area (Å²) in [4.78, 5) is 106. The molecule has 2 aliphatic heterocycles. The fourth-order valence-electron chi connectivity index (χ4n) is 9.95. The zero-order valence-electron chi connectivity index (χ0n) is 53.4. The average Bonchev–Trinajstić information content (AvgIpc) is 0.791. The third-order valence-corrected chi connectivity index (χ3v) is 17.5. The molecule has 3 aliphatic rings. The molecule has 90 heavy (non-hydrogen) atoms. The third-order valence-electron chi connectivity index (χ3n) is 14.4. The number of carbonyl (C=O) groups excluding carboxylic acids is 8. The van der Waals surface area contributed by atoms with Crippen LogP contribution < -0.4 is 49.1 Å². The summed E-state index contributed by atoms with van der Waals surface area (Å²) in [6, 6.07) is 1.88. The van der Waals surface area contributed by atoms with Crippen LogP contribution in [0.5, 0.6) is 0 Å². The second kappa shape index (κ2) is 37.3. The number of alkyl carbamates (subject to hydrolysis) is 1. The van der Waals surface area contributed by atoms with Gasteiger partial charge in [-0.1, -0.05) is 92.3 Å². The molecule has 0 spiro atoms. The van der Waals surface area contributed by atoms with Crippen molar-refractivity contribution in [2.75, 3.05) is 51.5 Å². The highest BCUT2D eigenvalue weighted by Gasteiger charge is 2.48. The molecule has 0 radical (unpaired) electrons. The highest BCUT2D eigenvalue weighted by molar-refractivity contribution is 8.77. The molecule has 1 aliphatic carbocycles. The van der Waals surface area contributed by atoms with E-state index in [1.807, 2.05) is 20.8 Å². The van der Waals surface area contributed by atoms with Gasteiger partial charge in [0.25, 0.3) is 0 Å². The molecule has 8 amide bonds. The molecule has 4 rings (SSSR count). The quantitative estimate of drug-likeness (QED) is 0.0227. The number of likely N-dealkylation sites (N-methyl/N-ethyl adjacent to an activating group) is 1. The normalized spacial score (nSPS) is 23.8. The average molecular weight is 1300 g/mol. The molecule has 14 N–H and O–H groups in total. The van der Waals surface area contributed by atoms with Crippen molar-refractivity contribution < 1.29 is 81.7 Å². The van der Waals surface area contributed by atoms with E-state index in [1.165, 1.54) is 35.8 Å². The second-order valence-corrected chi connectivity index (χ2v) is 26.3. The minimum atomic E-state index is -2.23. The molecule has 0 unspecified atom stereocenters. The van der Waals surface area contributed by atoms with Crippen LogP contribution in [-0.2, 0) is 63.7 Å². The van der Waals surface area contributed by atoms with Crippen LogP contribution in [0.4, 0.5) is 20.1 Å². The van der Waals surface area contributed by atoms with Crippen LogP contribution in [0.15, 0.2) is 59.3 Å². The third kappa shape index (κ3) is 24.4. The van der Waals surface area contributed by atoms with Gasteiger partial charge >= 0.3 is 18.2 Å². The zero-order valence-corrected chi connectivity index (χ0v) is 55.0. The molecule has 502 valence electrons. The van der Waals surface area contributed by atoms with Crippen molar-refractivity contribution >= 4 is 74.9 Å².